The van der Waals surface area contributed by atoms with Gasteiger partial charge in [-0.2, -0.15) is 0 Å². The molecule has 696 valence electrons. The molecule has 6 rings (SSSR count). The molecule has 122 heavy (non-hydrogen) atoms. The van der Waals surface area contributed by atoms with Gasteiger partial charge in [0, 0.05) is 25.5 Å². The van der Waals surface area contributed by atoms with Crippen molar-refractivity contribution in [1.82, 2.24) is 0 Å². The van der Waals surface area contributed by atoms with E-state index in [1.54, 1.807) is 72.8 Å². The number of nitrogens with zero attached hydrogens (tertiary/aromatic N) is 6. The van der Waals surface area contributed by atoms with Crippen LogP contribution in [0.1, 0.15) is 197 Å². The molecule has 24 heteroatoms. The number of carbonyl (C=O) groups is 6. The summed E-state index contributed by atoms with van der Waals surface area (Å²) in [6.07, 6.45) is 15.5. The summed E-state index contributed by atoms with van der Waals surface area (Å²) in [6, 6.07) is 54.9. The van der Waals surface area contributed by atoms with E-state index in [-0.39, 0.29) is 35.8 Å². The first-order valence-corrected chi connectivity index (χ1v) is 47.9. The van der Waals surface area contributed by atoms with Gasteiger partial charge < -0.3 is 55.3 Å². The monoisotopic (exact) mass is 1860 g/mol. The normalized spacial score (nSPS) is 11.3. The van der Waals surface area contributed by atoms with Crippen LogP contribution >= 0.6 is 62.3 Å². The third-order valence-electron chi connectivity index (χ3n) is 20.0. The smallest absolute Gasteiger partial charge is 0.338 e. The molecule has 0 bridgehead atoms. The largest absolute Gasteiger partial charge is 0.456 e. The van der Waals surface area contributed by atoms with Crippen molar-refractivity contribution in [3.8, 4) is 0 Å². The van der Waals surface area contributed by atoms with Crippen LogP contribution in [0.15, 0.2) is 182 Å². The summed E-state index contributed by atoms with van der Waals surface area (Å²) in [7, 11) is 12.9. The zero-order valence-electron chi connectivity index (χ0n) is 79.8. The molecule has 0 aromatic heterocycles. The molecule has 2 atom stereocenters. The third-order valence-corrected chi connectivity index (χ3v) is 20.0. The van der Waals surface area contributed by atoms with Gasteiger partial charge in [0.05, 0.1) is 161 Å². The first-order chi connectivity index (χ1) is 58.7. The van der Waals surface area contributed by atoms with E-state index < -0.39 is 0 Å². The number of hydrogen-bond donors (Lipinski definition) is 0. The molecule has 6 aromatic rings. The topological polar surface area (TPSA) is 158 Å². The number of alkyl halides is 6. The minimum absolute atomic E-state index is 0.211. The van der Waals surface area contributed by atoms with E-state index in [0.29, 0.717) is 80.2 Å². The van der Waals surface area contributed by atoms with Crippen molar-refractivity contribution in [3.05, 3.63) is 215 Å². The highest BCUT2D eigenvalue weighted by molar-refractivity contribution is 9.08. The number of likely N-dealkylation sites (N-methyl/N-ethyl adjacent to an activating group) is 6. The van der Waals surface area contributed by atoms with Crippen LogP contribution in [0.3, 0.4) is 0 Å². The lowest BCUT2D eigenvalue weighted by Crippen LogP contribution is -2.51. The maximum absolute atomic E-state index is 12.0. The molecule has 0 fully saturated rings. The predicted molar refractivity (Wildman–Crippen MR) is 519 cm³/mol. The number of unbranched alkanes of at least 4 members (excludes halogenated alkanes) is 2. The molecular weight excluding hydrogens is 1690 g/mol. The zero-order valence-corrected chi connectivity index (χ0v) is 84.4. The molecule has 2 unspecified atom stereocenters. The van der Waals surface area contributed by atoms with Gasteiger partial charge in [0.2, 0.25) is 0 Å². The van der Waals surface area contributed by atoms with E-state index >= 15 is 0 Å². The van der Waals surface area contributed by atoms with E-state index in [1.807, 2.05) is 115 Å². The van der Waals surface area contributed by atoms with Crippen molar-refractivity contribution in [2.45, 2.75) is 134 Å². The molecule has 0 aliphatic heterocycles. The number of benzene rings is 6. The fraction of sp³-hybridized carbons (Fsp3) is 0.571. The highest BCUT2D eigenvalue weighted by atomic mass is 79.9. The van der Waals surface area contributed by atoms with E-state index in [1.165, 1.54) is 103 Å². The molecule has 6 aromatic carbocycles. The maximum Gasteiger partial charge on any atom is 0.338 e. The van der Waals surface area contributed by atoms with Crippen molar-refractivity contribution < 1.29 is 88.5 Å². The number of halogens is 6. The van der Waals surface area contributed by atoms with Gasteiger partial charge in [-0.05, 0) is 159 Å². The fourth-order valence-electron chi connectivity index (χ4n) is 12.6. The molecule has 0 aliphatic carbocycles. The van der Waals surface area contributed by atoms with Gasteiger partial charge in [-0.1, -0.05) is 180 Å². The quantitative estimate of drug-likeness (QED) is 0.0155. The molecule has 0 spiro atoms. The van der Waals surface area contributed by atoms with Gasteiger partial charge >= 0.3 is 35.8 Å². The summed E-state index contributed by atoms with van der Waals surface area (Å²) in [6.45, 7) is 48.4. The molecule has 0 saturated heterocycles. The molecule has 0 amide bonds. The van der Waals surface area contributed by atoms with E-state index in [9.17, 15) is 33.2 Å². The number of esters is 6. The van der Waals surface area contributed by atoms with Gasteiger partial charge in [-0.25, -0.2) is 28.8 Å². The Morgan fingerprint density at radius 1 is 0.238 bits per heavy atom. The van der Waals surface area contributed by atoms with Crippen molar-refractivity contribution >= 4 is 98.1 Å². The van der Waals surface area contributed by atoms with Crippen LogP contribution in [0, 0.1) is 0 Å². The highest BCUT2D eigenvalue weighted by Crippen LogP contribution is 2.16. The Morgan fingerprint density at radius 3 is 0.525 bits per heavy atom. The van der Waals surface area contributed by atoms with Gasteiger partial charge in [0.15, 0.2) is 0 Å². The lowest BCUT2D eigenvalue weighted by atomic mass is 10.2. The second-order valence-electron chi connectivity index (χ2n) is 30.2. The summed E-state index contributed by atoms with van der Waals surface area (Å²) >= 11 is 21.5. The van der Waals surface area contributed by atoms with Crippen LogP contribution in [0.5, 0.6) is 0 Å². The molecule has 0 N–H and O–H groups in total. The summed E-state index contributed by atoms with van der Waals surface area (Å²) in [5.41, 5.74) is 3.75. The second-order valence-corrected chi connectivity index (χ2v) is 30.2. The number of ether oxygens (including phenoxy) is 6. The van der Waals surface area contributed by atoms with E-state index in [4.69, 9.17) is 28.4 Å². The lowest BCUT2D eigenvalue weighted by Gasteiger charge is -2.37. The number of quaternary nitrogens is 6. The Labute approximate surface area is 769 Å². The summed E-state index contributed by atoms with van der Waals surface area (Å²) in [5.74, 6) is 0.457. The fourth-order valence-corrected chi connectivity index (χ4v) is 12.6. The molecule has 0 radical (unpaired) electrons. The van der Waals surface area contributed by atoms with Crippen LogP contribution in [-0.2, 0) is 28.4 Å². The minimum Gasteiger partial charge on any atom is -0.456 e. The van der Waals surface area contributed by atoms with E-state index in [2.05, 4.69) is 188 Å². The maximum atomic E-state index is 12.0. The molecule has 0 heterocycles. The van der Waals surface area contributed by atoms with Gasteiger partial charge in [0.1, 0.15) is 78.9 Å². The molecule has 18 nitrogen and oxygen atoms in total. The van der Waals surface area contributed by atoms with Crippen LogP contribution in [-0.4, -0.2) is 301 Å². The summed E-state index contributed by atoms with van der Waals surface area (Å²) in [4.78, 5) is 70.6. The SMILES string of the molecule is CBr.CCCC[N+](CC)(CCC)CCOC(=O)c1ccccc1.CCCC[N+](CC)(CCC)CCOC(=O)c1ccccc1.CCC[N+](CC)(CCC)CCOC(=O)c1ccccc1.CC[N+](CC)(CC)CCOC(=O)c1ccccc1.CCl.CCl.CCl.CCl.CF.C[N+](C)(C)CCOC(=O)c1ccccc1.C[N+](C)(C)CCOC(=O)c1ccccc1. The zero-order chi connectivity index (χ0) is 94.0. The van der Waals surface area contributed by atoms with Crippen molar-refractivity contribution in [2.75, 3.05) is 238 Å². The number of carbonyl (C=O) groups excluding carboxylic acids is 6. The molecular formula is C98H166BrCl4FN6O12+6. The van der Waals surface area contributed by atoms with Gasteiger partial charge in [0.25, 0.3) is 0 Å². The standard InChI is InChI=1S/2C18H30NO2.C17H28NO2.C15H24NO2.2C12H18NO2.CH3Br.4CH3Cl.CH3F/c2*1-4-7-14-19(6-3,13-5-2)15-16-21-18(20)17-11-9-8-10-12-17;1-4-12-18(6-3,13-5-2)14-15-20-17(19)16-10-8-7-9-11-16;1-4-16(5-2,6-3)12-13-18-15(17)14-10-8-7-9-11-14;2*1-13(2,3)9-10-15-12(14)11-7-5-4-6-8-11;6*1-2/h2*8-12H,4-7,13-16H2,1-3H3;7-11H,4-6,12-15H2,1-3H3;7-11H,4-6,12-13H2,1-3H3;2*4-8H,9-10H2,1-3H3;6*1H3/q6*+1;;;;;;. The predicted octanol–water partition coefficient (Wildman–Crippen LogP) is 22.1. The Balaban J connectivity index is -0.000000323. The average molecular weight is 1860 g/mol. The van der Waals surface area contributed by atoms with Crippen LogP contribution in [0.25, 0.3) is 0 Å². The summed E-state index contributed by atoms with van der Waals surface area (Å²) in [5, 5.41) is 0. The highest BCUT2D eigenvalue weighted by Gasteiger charge is 2.28. The second kappa shape index (κ2) is 82.7. The van der Waals surface area contributed by atoms with Crippen LogP contribution < -0.4 is 0 Å². The average Bonchev–Trinajstić information content (AvgIpc) is 0.879. The Morgan fingerprint density at radius 2 is 0.385 bits per heavy atom. The van der Waals surface area contributed by atoms with Crippen LogP contribution in [0.4, 0.5) is 4.39 Å². The Hall–Kier alpha value is -6.53. The Bertz CT molecular complexity index is 3220. The summed E-state index contributed by atoms with van der Waals surface area (Å²) < 4.78 is 47.2. The van der Waals surface area contributed by atoms with E-state index in [0.717, 1.165) is 119 Å². The van der Waals surface area contributed by atoms with Crippen molar-refractivity contribution in [3.63, 3.8) is 0 Å². The molecule has 0 aliphatic rings. The lowest BCUT2D eigenvalue weighted by molar-refractivity contribution is -0.926. The van der Waals surface area contributed by atoms with Crippen molar-refractivity contribution in [1.29, 1.82) is 0 Å². The first-order valence-electron chi connectivity index (χ1n) is 43.3. The minimum atomic E-state index is -0.246. The third kappa shape index (κ3) is 62.6. The number of hydrogen-bond acceptors (Lipinski definition) is 12. The van der Waals surface area contributed by atoms with Crippen molar-refractivity contribution in [2.24, 2.45) is 0 Å². The van der Waals surface area contributed by atoms with Crippen LogP contribution in [0.2, 0.25) is 0 Å². The first kappa shape index (κ1) is 126. The Kier molecular flexibility index (Phi) is 85.6. The molecule has 0 saturated carbocycles. The van der Waals surface area contributed by atoms with Gasteiger partial charge in [-0.3, -0.25) is 4.39 Å². The number of rotatable bonds is 44. The van der Waals surface area contributed by atoms with Gasteiger partial charge in [-0.15, -0.1) is 46.4 Å².